The van der Waals surface area contributed by atoms with Crippen molar-refractivity contribution in [3.63, 3.8) is 0 Å². The van der Waals surface area contributed by atoms with E-state index in [4.69, 9.17) is 12.6 Å². The lowest BCUT2D eigenvalue weighted by Crippen LogP contribution is -2.22. The van der Waals surface area contributed by atoms with E-state index in [0.717, 1.165) is 5.75 Å². The second-order valence-electron chi connectivity index (χ2n) is 14.0. The Morgan fingerprint density at radius 3 is 1.23 bits per heavy atom. The molecule has 11 rings (SSSR count). The quantitative estimate of drug-likeness (QED) is 0.146. The van der Waals surface area contributed by atoms with Crippen molar-refractivity contribution < 1.29 is 0 Å². The molecule has 0 spiro atoms. The van der Waals surface area contributed by atoms with Crippen LogP contribution in [0.1, 0.15) is 18.1 Å². The van der Waals surface area contributed by atoms with Gasteiger partial charge in [0.05, 0.1) is 0 Å². The van der Waals surface area contributed by atoms with Gasteiger partial charge in [-0.2, -0.15) is 12.6 Å². The summed E-state index contributed by atoms with van der Waals surface area (Å²) in [4.78, 5) is 0. The van der Waals surface area contributed by atoms with E-state index in [1.807, 2.05) is 0 Å². The van der Waals surface area contributed by atoms with E-state index in [2.05, 4.69) is 153 Å². The Morgan fingerprint density at radius 1 is 0.396 bits per heavy atom. The summed E-state index contributed by atoms with van der Waals surface area (Å²) in [7, 11) is 0. The third-order valence-electron chi connectivity index (χ3n) is 11.5. The average molecular weight is 627 g/mol. The van der Waals surface area contributed by atoms with Gasteiger partial charge in [0.25, 0.3) is 0 Å². The van der Waals surface area contributed by atoms with E-state index in [1.54, 1.807) is 0 Å². The molecule has 1 aliphatic rings. The average Bonchev–Trinajstić information content (AvgIpc) is 3.39. The standard InChI is InChI=1S/C47H30S/c1-47(26-48)41-24-31(39-22-33-10-2-6-27-14-16-29-8-4-12-37(39)45(29)43(27)33)18-20-35(41)36-21-19-32(25-42(36)47)40-23-34-11-3-7-28-15-17-30-9-5-13-38(40)46(30)44(28)34/h2-25,48H,26H2,1H3. The Bertz CT molecular complexity index is 2750. The molecule has 0 fully saturated rings. The second kappa shape index (κ2) is 9.37. The molecule has 1 aliphatic carbocycles. The lowest BCUT2D eigenvalue weighted by molar-refractivity contribution is 0.675. The minimum Gasteiger partial charge on any atom is -0.178 e. The summed E-state index contributed by atoms with van der Waals surface area (Å²) >= 11 is 5.06. The van der Waals surface area contributed by atoms with E-state index < -0.39 is 0 Å². The molecule has 0 saturated carbocycles. The van der Waals surface area contributed by atoms with Crippen LogP contribution in [0.4, 0.5) is 0 Å². The van der Waals surface area contributed by atoms with Crippen molar-refractivity contribution in [2.24, 2.45) is 0 Å². The maximum absolute atomic E-state index is 5.06. The molecule has 0 N–H and O–H groups in total. The smallest absolute Gasteiger partial charge is 0.0275 e. The van der Waals surface area contributed by atoms with Crippen LogP contribution in [0.25, 0.3) is 98.0 Å². The van der Waals surface area contributed by atoms with Crippen molar-refractivity contribution in [2.45, 2.75) is 12.3 Å². The molecule has 0 nitrogen and oxygen atoms in total. The van der Waals surface area contributed by atoms with Gasteiger partial charge in [-0.1, -0.05) is 128 Å². The molecule has 224 valence electrons. The third kappa shape index (κ3) is 3.37. The number of benzene rings is 10. The van der Waals surface area contributed by atoms with E-state index in [0.29, 0.717) is 0 Å². The highest BCUT2D eigenvalue weighted by Crippen LogP contribution is 2.53. The van der Waals surface area contributed by atoms with Crippen molar-refractivity contribution in [1.82, 2.24) is 0 Å². The van der Waals surface area contributed by atoms with Crippen LogP contribution in [-0.4, -0.2) is 5.75 Å². The first-order valence-corrected chi connectivity index (χ1v) is 17.5. The Hall–Kier alpha value is -5.37. The molecule has 0 unspecified atom stereocenters. The van der Waals surface area contributed by atoms with Gasteiger partial charge >= 0.3 is 0 Å². The van der Waals surface area contributed by atoms with Gasteiger partial charge in [-0.05, 0) is 133 Å². The number of fused-ring (bicyclic) bond motifs is 3. The fourth-order valence-corrected chi connectivity index (χ4v) is 9.46. The summed E-state index contributed by atoms with van der Waals surface area (Å²) in [5, 5.41) is 15.9. The van der Waals surface area contributed by atoms with Crippen LogP contribution in [-0.2, 0) is 5.41 Å². The van der Waals surface area contributed by atoms with Crippen molar-refractivity contribution in [1.29, 1.82) is 0 Å². The van der Waals surface area contributed by atoms with Crippen LogP contribution in [0.15, 0.2) is 146 Å². The monoisotopic (exact) mass is 626 g/mol. The van der Waals surface area contributed by atoms with E-state index in [-0.39, 0.29) is 5.41 Å². The van der Waals surface area contributed by atoms with E-state index >= 15 is 0 Å². The third-order valence-corrected chi connectivity index (χ3v) is 12.1. The van der Waals surface area contributed by atoms with Crippen LogP contribution in [0.3, 0.4) is 0 Å². The topological polar surface area (TPSA) is 0 Å². The van der Waals surface area contributed by atoms with Crippen LogP contribution in [0.2, 0.25) is 0 Å². The molecule has 1 heteroatoms. The van der Waals surface area contributed by atoms with Gasteiger partial charge in [-0.25, -0.2) is 0 Å². The summed E-state index contributed by atoms with van der Waals surface area (Å²) in [6.45, 7) is 2.39. The first-order chi connectivity index (χ1) is 23.6. The molecule has 0 atom stereocenters. The normalized spacial score (nSPS) is 13.9. The van der Waals surface area contributed by atoms with Crippen LogP contribution in [0, 0.1) is 0 Å². The highest BCUT2D eigenvalue weighted by atomic mass is 32.1. The zero-order valence-corrected chi connectivity index (χ0v) is 27.4. The molecule has 0 radical (unpaired) electrons. The predicted molar refractivity (Wildman–Crippen MR) is 210 cm³/mol. The number of thiol groups is 1. The highest BCUT2D eigenvalue weighted by Gasteiger charge is 2.39. The number of rotatable bonds is 3. The molecular weight excluding hydrogens is 597 g/mol. The maximum atomic E-state index is 5.06. The lowest BCUT2D eigenvalue weighted by atomic mass is 9.79. The lowest BCUT2D eigenvalue weighted by Gasteiger charge is -2.26. The van der Waals surface area contributed by atoms with E-state index in [1.165, 1.54) is 109 Å². The molecular formula is C47H30S. The number of hydrogen-bond acceptors (Lipinski definition) is 1. The Labute approximate surface area is 284 Å². The maximum Gasteiger partial charge on any atom is 0.0275 e. The summed E-state index contributed by atoms with van der Waals surface area (Å²) in [5.41, 5.74) is 10.3. The molecule has 10 aromatic rings. The molecule has 0 heterocycles. The Kier molecular flexibility index (Phi) is 5.21. The minimum absolute atomic E-state index is 0.224. The summed E-state index contributed by atoms with van der Waals surface area (Å²) in [6, 6.07) is 55.0. The zero-order valence-electron chi connectivity index (χ0n) is 26.5. The first-order valence-electron chi connectivity index (χ1n) is 16.8. The van der Waals surface area contributed by atoms with E-state index in [9.17, 15) is 0 Å². The fourth-order valence-electron chi connectivity index (χ4n) is 9.12. The predicted octanol–water partition coefficient (Wildman–Crippen LogP) is 13.0. The zero-order chi connectivity index (χ0) is 31.7. The van der Waals surface area contributed by atoms with Crippen molar-refractivity contribution in [2.75, 3.05) is 5.75 Å². The molecule has 0 aromatic heterocycles. The highest BCUT2D eigenvalue weighted by molar-refractivity contribution is 7.80. The van der Waals surface area contributed by atoms with Crippen LogP contribution in [0.5, 0.6) is 0 Å². The first kappa shape index (κ1) is 26.7. The Morgan fingerprint density at radius 2 is 0.792 bits per heavy atom. The summed E-state index contributed by atoms with van der Waals surface area (Å²) in [6.07, 6.45) is 0. The minimum atomic E-state index is -0.224. The Balaban J connectivity index is 1.11. The van der Waals surface area contributed by atoms with Gasteiger partial charge in [-0.3, -0.25) is 0 Å². The van der Waals surface area contributed by atoms with Crippen molar-refractivity contribution >= 4 is 77.3 Å². The number of hydrogen-bond donors (Lipinski definition) is 1. The van der Waals surface area contributed by atoms with Gasteiger partial charge in [0, 0.05) is 11.2 Å². The molecule has 0 amide bonds. The van der Waals surface area contributed by atoms with Crippen LogP contribution >= 0.6 is 12.6 Å². The molecule has 0 aliphatic heterocycles. The van der Waals surface area contributed by atoms with Gasteiger partial charge in [0.15, 0.2) is 0 Å². The molecule has 0 bridgehead atoms. The molecule has 0 saturated heterocycles. The summed E-state index contributed by atoms with van der Waals surface area (Å²) < 4.78 is 0. The van der Waals surface area contributed by atoms with Crippen LogP contribution < -0.4 is 0 Å². The fraction of sp³-hybridized carbons (Fsp3) is 0.0638. The van der Waals surface area contributed by atoms with Gasteiger partial charge < -0.3 is 0 Å². The largest absolute Gasteiger partial charge is 0.178 e. The van der Waals surface area contributed by atoms with Gasteiger partial charge in [-0.15, -0.1) is 0 Å². The SMILES string of the molecule is CC1(CS)c2cc(-c3cc4cccc5ccc6cccc3c6c54)ccc2-c2ccc(-c3cc4cccc5ccc6cccc3c6c54)cc21. The summed E-state index contributed by atoms with van der Waals surface area (Å²) in [5.74, 6) is 0.730. The molecule has 48 heavy (non-hydrogen) atoms. The second-order valence-corrected chi connectivity index (χ2v) is 14.3. The van der Waals surface area contributed by atoms with Crippen molar-refractivity contribution in [3.8, 4) is 33.4 Å². The van der Waals surface area contributed by atoms with Crippen molar-refractivity contribution in [3.05, 3.63) is 157 Å². The molecule has 10 aromatic carbocycles. The van der Waals surface area contributed by atoms with Gasteiger partial charge in [0.2, 0.25) is 0 Å². The van der Waals surface area contributed by atoms with Gasteiger partial charge in [0.1, 0.15) is 0 Å².